The van der Waals surface area contributed by atoms with Gasteiger partial charge >= 0.3 is 6.03 Å². The lowest BCUT2D eigenvalue weighted by atomic mass is 9.74. The van der Waals surface area contributed by atoms with Crippen LogP contribution in [-0.4, -0.2) is 66.4 Å². The van der Waals surface area contributed by atoms with E-state index in [2.05, 4.69) is 10.2 Å². The Balaban J connectivity index is 1.33. The van der Waals surface area contributed by atoms with Crippen LogP contribution in [0, 0.1) is 5.82 Å². The smallest absolute Gasteiger partial charge is 0.321 e. The number of carbonyl (C=O) groups is 1. The molecule has 3 atom stereocenters. The highest BCUT2D eigenvalue weighted by molar-refractivity contribution is 5.89. The average molecular weight is 490 g/mol. The van der Waals surface area contributed by atoms with Gasteiger partial charge in [-0.15, -0.1) is 0 Å². The number of rotatable bonds is 5. The monoisotopic (exact) mass is 489 g/mol. The summed E-state index contributed by atoms with van der Waals surface area (Å²) in [6, 6.07) is 22.0. The first-order chi connectivity index (χ1) is 17.6. The van der Waals surface area contributed by atoms with E-state index in [1.54, 1.807) is 19.2 Å². The summed E-state index contributed by atoms with van der Waals surface area (Å²) >= 11 is 0. The summed E-state index contributed by atoms with van der Waals surface area (Å²) in [4.78, 5) is 17.4. The molecule has 0 spiro atoms. The molecule has 7 heteroatoms. The van der Waals surface area contributed by atoms with E-state index >= 15 is 0 Å². The lowest BCUT2D eigenvalue weighted by Gasteiger charge is -2.57. The third-order valence-electron chi connectivity index (χ3n) is 7.48. The molecule has 2 aliphatic heterocycles. The van der Waals surface area contributed by atoms with Crippen molar-refractivity contribution >= 4 is 11.7 Å². The zero-order valence-electron chi connectivity index (χ0n) is 20.4. The fourth-order valence-electron chi connectivity index (χ4n) is 5.58. The molecule has 2 amide bonds. The molecule has 0 saturated carbocycles. The number of halogens is 1. The number of nitrogens with one attached hydrogen (secondary N) is 1. The van der Waals surface area contributed by atoms with Crippen LogP contribution in [0.3, 0.4) is 0 Å². The van der Waals surface area contributed by atoms with Gasteiger partial charge in [0.05, 0.1) is 13.7 Å². The van der Waals surface area contributed by atoms with Gasteiger partial charge < -0.3 is 20.1 Å². The molecule has 2 heterocycles. The maximum absolute atomic E-state index is 14.3. The maximum atomic E-state index is 14.3. The molecule has 0 radical (unpaired) electrons. The van der Waals surface area contributed by atoms with Crippen molar-refractivity contribution in [2.24, 2.45) is 0 Å². The fraction of sp³-hybridized carbons (Fsp3) is 0.345. The van der Waals surface area contributed by atoms with Gasteiger partial charge in [-0.05, 0) is 60.8 Å². The van der Waals surface area contributed by atoms with Gasteiger partial charge in [-0.25, -0.2) is 9.18 Å². The number of amides is 2. The largest absolute Gasteiger partial charge is 0.497 e. The predicted octanol–water partition coefficient (Wildman–Crippen LogP) is 4.96. The molecule has 0 aromatic heterocycles. The first kappa shape index (κ1) is 24.3. The molecule has 0 unspecified atom stereocenters. The molecule has 2 fully saturated rings. The zero-order valence-corrected chi connectivity index (χ0v) is 20.4. The summed E-state index contributed by atoms with van der Waals surface area (Å²) < 4.78 is 19.5. The molecule has 3 aromatic carbocycles. The van der Waals surface area contributed by atoms with E-state index in [0.717, 1.165) is 42.0 Å². The number of urea groups is 1. The minimum atomic E-state index is -0.244. The second kappa shape index (κ2) is 10.7. The van der Waals surface area contributed by atoms with Crippen LogP contribution in [0.2, 0.25) is 0 Å². The number of benzene rings is 3. The lowest BCUT2D eigenvalue weighted by Crippen LogP contribution is -2.68. The summed E-state index contributed by atoms with van der Waals surface area (Å²) in [5, 5.41) is 13.2. The molecule has 5 rings (SSSR count). The summed E-state index contributed by atoms with van der Waals surface area (Å²) in [7, 11) is 1.61. The molecule has 6 nitrogen and oxygen atoms in total. The van der Waals surface area contributed by atoms with E-state index in [0.29, 0.717) is 18.7 Å². The Hall–Kier alpha value is -3.42. The van der Waals surface area contributed by atoms with Gasteiger partial charge in [0, 0.05) is 42.3 Å². The SMILES string of the molecule is COc1ccc(NC(=O)N2CCCCN3[C@H](C2)[C@H](c2ccc(-c4ccccc4F)cc2)[C@@H]3CO)cc1. The van der Waals surface area contributed by atoms with Crippen LogP contribution in [-0.2, 0) is 0 Å². The number of carbonyl (C=O) groups excluding carboxylic acids is 1. The molecule has 2 aliphatic rings. The summed E-state index contributed by atoms with van der Waals surface area (Å²) in [6.45, 7) is 2.25. The minimum absolute atomic E-state index is 0.0129. The number of ether oxygens (including phenoxy) is 1. The molecular formula is C29H32FN3O3. The zero-order chi connectivity index (χ0) is 25.1. The minimum Gasteiger partial charge on any atom is -0.497 e. The Morgan fingerprint density at radius 1 is 1.03 bits per heavy atom. The Morgan fingerprint density at radius 3 is 2.44 bits per heavy atom. The van der Waals surface area contributed by atoms with Crippen LogP contribution >= 0.6 is 0 Å². The molecular weight excluding hydrogens is 457 g/mol. The van der Waals surface area contributed by atoms with Crippen molar-refractivity contribution in [1.82, 2.24) is 9.80 Å². The second-order valence-electron chi connectivity index (χ2n) is 9.49. The van der Waals surface area contributed by atoms with Crippen LogP contribution < -0.4 is 10.1 Å². The Kier molecular flexibility index (Phi) is 7.20. The number of nitrogens with zero attached hydrogens (tertiary/aromatic N) is 2. The predicted molar refractivity (Wildman–Crippen MR) is 139 cm³/mol. The molecule has 188 valence electrons. The van der Waals surface area contributed by atoms with Gasteiger partial charge in [0.1, 0.15) is 11.6 Å². The van der Waals surface area contributed by atoms with E-state index in [9.17, 15) is 14.3 Å². The third-order valence-corrected chi connectivity index (χ3v) is 7.48. The van der Waals surface area contributed by atoms with Crippen LogP contribution in [0.1, 0.15) is 24.3 Å². The first-order valence-corrected chi connectivity index (χ1v) is 12.5. The van der Waals surface area contributed by atoms with Crippen LogP contribution in [0.25, 0.3) is 11.1 Å². The van der Waals surface area contributed by atoms with Crippen molar-refractivity contribution in [2.75, 3.05) is 38.7 Å². The van der Waals surface area contributed by atoms with E-state index in [1.165, 1.54) is 6.07 Å². The number of aliphatic hydroxyl groups is 1. The Labute approximate surface area is 211 Å². The van der Waals surface area contributed by atoms with Gasteiger partial charge in [0.25, 0.3) is 0 Å². The lowest BCUT2D eigenvalue weighted by molar-refractivity contribution is -0.0585. The van der Waals surface area contributed by atoms with E-state index in [1.807, 2.05) is 59.5 Å². The van der Waals surface area contributed by atoms with Crippen LogP contribution in [0.5, 0.6) is 5.75 Å². The fourth-order valence-corrected chi connectivity index (χ4v) is 5.58. The highest BCUT2D eigenvalue weighted by Crippen LogP contribution is 2.42. The van der Waals surface area contributed by atoms with E-state index < -0.39 is 0 Å². The van der Waals surface area contributed by atoms with Gasteiger partial charge in [0.15, 0.2) is 0 Å². The number of fused-ring (bicyclic) bond motifs is 1. The molecule has 36 heavy (non-hydrogen) atoms. The Morgan fingerprint density at radius 2 is 1.75 bits per heavy atom. The number of hydrogen-bond acceptors (Lipinski definition) is 4. The molecule has 0 bridgehead atoms. The van der Waals surface area contributed by atoms with E-state index in [-0.39, 0.29) is 36.5 Å². The van der Waals surface area contributed by atoms with Crippen LogP contribution in [0.4, 0.5) is 14.9 Å². The van der Waals surface area contributed by atoms with Gasteiger partial charge in [-0.3, -0.25) is 4.90 Å². The van der Waals surface area contributed by atoms with Crippen molar-refractivity contribution in [2.45, 2.75) is 30.8 Å². The molecule has 2 N–H and O–H groups in total. The summed E-state index contributed by atoms with van der Waals surface area (Å²) in [6.07, 6.45) is 1.89. The van der Waals surface area contributed by atoms with Crippen LogP contribution in [0.15, 0.2) is 72.8 Å². The van der Waals surface area contributed by atoms with Crippen molar-refractivity contribution < 1.29 is 19.0 Å². The normalized spacial score (nSPS) is 22.1. The summed E-state index contributed by atoms with van der Waals surface area (Å²) in [5.74, 6) is 0.592. The number of methoxy groups -OCH3 is 1. The van der Waals surface area contributed by atoms with Crippen molar-refractivity contribution in [3.05, 3.63) is 84.2 Å². The maximum Gasteiger partial charge on any atom is 0.321 e. The topological polar surface area (TPSA) is 65.0 Å². The van der Waals surface area contributed by atoms with Gasteiger partial charge in [0.2, 0.25) is 0 Å². The Bertz CT molecular complexity index is 1190. The molecule has 0 aliphatic carbocycles. The number of hydrogen-bond donors (Lipinski definition) is 2. The first-order valence-electron chi connectivity index (χ1n) is 12.5. The van der Waals surface area contributed by atoms with Gasteiger partial charge in [-0.1, -0.05) is 42.5 Å². The standard InChI is InChI=1S/C29H32FN3O3/c1-36-23-14-12-22(13-15-23)31-29(35)32-16-4-5-17-33-26(18-32)28(27(33)19-34)21-10-8-20(9-11-21)24-6-2-3-7-25(24)30/h2-3,6-15,26-28,34H,4-5,16-19H2,1H3,(H,31,35)/t26-,27+,28+/m1/s1. The van der Waals surface area contributed by atoms with Crippen molar-refractivity contribution in [1.29, 1.82) is 0 Å². The molecule has 2 saturated heterocycles. The summed E-state index contributed by atoms with van der Waals surface area (Å²) in [5.41, 5.74) is 3.23. The van der Waals surface area contributed by atoms with E-state index in [4.69, 9.17) is 4.74 Å². The van der Waals surface area contributed by atoms with Gasteiger partial charge in [-0.2, -0.15) is 0 Å². The highest BCUT2D eigenvalue weighted by atomic mass is 19.1. The number of anilines is 1. The second-order valence-corrected chi connectivity index (χ2v) is 9.49. The van der Waals surface area contributed by atoms with Crippen molar-refractivity contribution in [3.8, 4) is 16.9 Å². The molecule has 3 aromatic rings. The highest BCUT2D eigenvalue weighted by Gasteiger charge is 2.49. The average Bonchev–Trinajstić information content (AvgIpc) is 2.89. The number of aliphatic hydroxyl groups excluding tert-OH is 1. The quantitative estimate of drug-likeness (QED) is 0.532. The third kappa shape index (κ3) is 4.81. The van der Waals surface area contributed by atoms with Crippen molar-refractivity contribution in [3.63, 3.8) is 0 Å².